The molecule has 1 saturated heterocycles. The number of nitrogens with one attached hydrogen (secondary N) is 2. The molecule has 19 heavy (non-hydrogen) atoms. The van der Waals surface area contributed by atoms with Gasteiger partial charge < -0.3 is 5.32 Å². The number of aryl methyl sites for hydroxylation is 1. The van der Waals surface area contributed by atoms with E-state index < -0.39 is 10.0 Å². The molecule has 7 heteroatoms. The van der Waals surface area contributed by atoms with Crippen molar-refractivity contribution in [3.63, 3.8) is 0 Å². The largest absolute Gasteiger partial charge is 0.317 e. The summed E-state index contributed by atoms with van der Waals surface area (Å²) in [6, 6.07) is 4.82. The van der Waals surface area contributed by atoms with Crippen LogP contribution in [0.5, 0.6) is 0 Å². The Balaban J connectivity index is 0.00000180. The molecule has 2 rings (SSSR count). The Morgan fingerprint density at radius 1 is 1.32 bits per heavy atom. The first-order chi connectivity index (χ1) is 8.49. The second-order valence-corrected chi connectivity index (χ2v) is 6.68. The molecular formula is C12H18Cl2N2O2S. The maximum Gasteiger partial charge on any atom is 0.240 e. The first kappa shape index (κ1) is 16.7. The van der Waals surface area contributed by atoms with Gasteiger partial charge in [0.2, 0.25) is 10.0 Å². The van der Waals surface area contributed by atoms with E-state index in [4.69, 9.17) is 11.6 Å². The Morgan fingerprint density at radius 2 is 1.95 bits per heavy atom. The zero-order chi connectivity index (χ0) is 13.2. The minimum Gasteiger partial charge on any atom is -0.317 e. The third-order valence-electron chi connectivity index (χ3n) is 3.11. The summed E-state index contributed by atoms with van der Waals surface area (Å²) in [5, 5.41) is 3.68. The van der Waals surface area contributed by atoms with Crippen LogP contribution in [-0.4, -0.2) is 27.5 Å². The molecule has 0 spiro atoms. The Bertz CT molecular complexity index is 529. The normalized spacial score (nSPS) is 16.9. The van der Waals surface area contributed by atoms with E-state index in [2.05, 4.69) is 10.0 Å². The van der Waals surface area contributed by atoms with Crippen LogP contribution in [-0.2, 0) is 10.0 Å². The van der Waals surface area contributed by atoms with Crippen molar-refractivity contribution in [2.24, 2.45) is 0 Å². The fraction of sp³-hybridized carbons (Fsp3) is 0.500. The Kier molecular flexibility index (Phi) is 6.08. The Morgan fingerprint density at radius 3 is 2.53 bits per heavy atom. The van der Waals surface area contributed by atoms with Crippen molar-refractivity contribution in [2.75, 3.05) is 13.1 Å². The van der Waals surface area contributed by atoms with Crippen molar-refractivity contribution in [1.29, 1.82) is 0 Å². The van der Waals surface area contributed by atoms with Crippen LogP contribution < -0.4 is 10.0 Å². The third kappa shape index (κ3) is 4.33. The number of sulfonamides is 1. The highest BCUT2D eigenvalue weighted by Crippen LogP contribution is 2.20. The first-order valence-corrected chi connectivity index (χ1v) is 7.84. The van der Waals surface area contributed by atoms with Gasteiger partial charge in [-0.25, -0.2) is 13.1 Å². The summed E-state index contributed by atoms with van der Waals surface area (Å²) in [5.41, 5.74) is 0.873. The molecule has 1 aromatic carbocycles. The molecule has 0 aromatic heterocycles. The fourth-order valence-corrected chi connectivity index (χ4v) is 3.54. The topological polar surface area (TPSA) is 58.2 Å². The highest BCUT2D eigenvalue weighted by Gasteiger charge is 2.21. The average molecular weight is 325 g/mol. The number of piperidine rings is 1. The molecule has 0 unspecified atom stereocenters. The van der Waals surface area contributed by atoms with Crippen LogP contribution in [0.3, 0.4) is 0 Å². The van der Waals surface area contributed by atoms with Crippen molar-refractivity contribution < 1.29 is 8.42 Å². The quantitative estimate of drug-likeness (QED) is 0.895. The van der Waals surface area contributed by atoms with Crippen LogP contribution in [0.2, 0.25) is 5.02 Å². The summed E-state index contributed by atoms with van der Waals surface area (Å²) in [4.78, 5) is 0.233. The molecule has 1 aromatic rings. The number of hydrogen-bond donors (Lipinski definition) is 2. The molecule has 1 fully saturated rings. The van der Waals surface area contributed by atoms with E-state index in [0.717, 1.165) is 31.5 Å². The average Bonchev–Trinajstić information content (AvgIpc) is 2.33. The molecule has 2 N–H and O–H groups in total. The van der Waals surface area contributed by atoms with E-state index in [9.17, 15) is 8.42 Å². The van der Waals surface area contributed by atoms with Gasteiger partial charge in [-0.1, -0.05) is 17.7 Å². The van der Waals surface area contributed by atoms with Gasteiger partial charge in [-0.2, -0.15) is 0 Å². The van der Waals surface area contributed by atoms with Crippen molar-refractivity contribution in [2.45, 2.75) is 30.7 Å². The van der Waals surface area contributed by atoms with E-state index >= 15 is 0 Å². The van der Waals surface area contributed by atoms with Gasteiger partial charge in [-0.3, -0.25) is 0 Å². The lowest BCUT2D eigenvalue weighted by Crippen LogP contribution is -2.42. The third-order valence-corrected chi connectivity index (χ3v) is 5.04. The highest BCUT2D eigenvalue weighted by atomic mass is 35.5. The molecule has 1 heterocycles. The summed E-state index contributed by atoms with van der Waals surface area (Å²) in [7, 11) is -3.46. The van der Waals surface area contributed by atoms with Gasteiger partial charge in [0.25, 0.3) is 0 Å². The van der Waals surface area contributed by atoms with E-state index in [-0.39, 0.29) is 23.3 Å². The van der Waals surface area contributed by atoms with Crippen molar-refractivity contribution in [3.8, 4) is 0 Å². The maximum atomic E-state index is 12.2. The molecule has 4 nitrogen and oxygen atoms in total. The van der Waals surface area contributed by atoms with E-state index in [1.165, 1.54) is 6.07 Å². The molecule has 0 atom stereocenters. The molecule has 1 aliphatic rings. The van der Waals surface area contributed by atoms with Gasteiger partial charge in [-0.15, -0.1) is 12.4 Å². The standard InChI is InChI=1S/C12H17ClN2O2S.ClH/c1-9-2-3-11(8-12(9)13)18(16,17)15-10-4-6-14-7-5-10;/h2-3,8,10,14-15H,4-7H2,1H3;1H. The van der Waals surface area contributed by atoms with Crippen LogP contribution in [0.4, 0.5) is 0 Å². The molecule has 0 aliphatic carbocycles. The van der Waals surface area contributed by atoms with Gasteiger partial charge in [0.1, 0.15) is 0 Å². The molecule has 1 aliphatic heterocycles. The van der Waals surface area contributed by atoms with Gasteiger partial charge in [0.15, 0.2) is 0 Å². The number of benzene rings is 1. The van der Waals surface area contributed by atoms with Crippen molar-refractivity contribution >= 4 is 34.0 Å². The summed E-state index contributed by atoms with van der Waals surface area (Å²) in [6.45, 7) is 3.54. The summed E-state index contributed by atoms with van der Waals surface area (Å²) >= 11 is 5.96. The Labute approximate surface area is 125 Å². The highest BCUT2D eigenvalue weighted by molar-refractivity contribution is 7.89. The minimum atomic E-state index is -3.46. The van der Waals surface area contributed by atoms with Gasteiger partial charge in [0, 0.05) is 11.1 Å². The Hall–Kier alpha value is -0.330. The lowest BCUT2D eigenvalue weighted by atomic mass is 10.1. The van der Waals surface area contributed by atoms with Crippen LogP contribution in [0.25, 0.3) is 0 Å². The molecule has 0 saturated carbocycles. The second-order valence-electron chi connectivity index (χ2n) is 4.56. The molecule has 108 valence electrons. The first-order valence-electron chi connectivity index (χ1n) is 5.98. The van der Waals surface area contributed by atoms with E-state index in [0.29, 0.717) is 5.02 Å². The van der Waals surface area contributed by atoms with E-state index in [1.54, 1.807) is 12.1 Å². The maximum absolute atomic E-state index is 12.2. The van der Waals surface area contributed by atoms with Gasteiger partial charge in [0.05, 0.1) is 4.90 Å². The zero-order valence-electron chi connectivity index (χ0n) is 10.6. The molecular weight excluding hydrogens is 307 g/mol. The monoisotopic (exact) mass is 324 g/mol. The van der Waals surface area contributed by atoms with Gasteiger partial charge in [-0.05, 0) is 50.6 Å². The van der Waals surface area contributed by atoms with E-state index in [1.807, 2.05) is 6.92 Å². The van der Waals surface area contributed by atoms with Crippen molar-refractivity contribution in [1.82, 2.24) is 10.0 Å². The number of rotatable bonds is 3. The lowest BCUT2D eigenvalue weighted by Gasteiger charge is -2.23. The lowest BCUT2D eigenvalue weighted by molar-refractivity contribution is 0.427. The SMILES string of the molecule is Cc1ccc(S(=O)(=O)NC2CCNCC2)cc1Cl.Cl. The van der Waals surface area contributed by atoms with Crippen molar-refractivity contribution in [3.05, 3.63) is 28.8 Å². The minimum absolute atomic E-state index is 0. The number of hydrogen-bond acceptors (Lipinski definition) is 3. The summed E-state index contributed by atoms with van der Waals surface area (Å²) < 4.78 is 27.1. The second kappa shape index (κ2) is 6.90. The van der Waals surface area contributed by atoms with Crippen LogP contribution in [0, 0.1) is 6.92 Å². The van der Waals surface area contributed by atoms with Gasteiger partial charge >= 0.3 is 0 Å². The molecule has 0 radical (unpaired) electrons. The summed E-state index contributed by atoms with van der Waals surface area (Å²) in [6.07, 6.45) is 1.64. The molecule has 0 amide bonds. The van der Waals surface area contributed by atoms with Crippen LogP contribution in [0.15, 0.2) is 23.1 Å². The predicted octanol–water partition coefficient (Wildman–Crippen LogP) is 2.10. The van der Waals surface area contributed by atoms with Crippen LogP contribution in [0.1, 0.15) is 18.4 Å². The zero-order valence-corrected chi connectivity index (χ0v) is 13.0. The van der Waals surface area contributed by atoms with Crippen LogP contribution >= 0.6 is 24.0 Å². The summed E-state index contributed by atoms with van der Waals surface area (Å²) in [5.74, 6) is 0. The predicted molar refractivity (Wildman–Crippen MR) is 79.7 cm³/mol. The fourth-order valence-electron chi connectivity index (χ4n) is 1.97. The molecule has 0 bridgehead atoms. The smallest absolute Gasteiger partial charge is 0.240 e. The number of halogens is 2.